The lowest BCUT2D eigenvalue weighted by Gasteiger charge is -2.46. The van der Waals surface area contributed by atoms with Crippen molar-refractivity contribution in [1.29, 1.82) is 0 Å². The predicted octanol–water partition coefficient (Wildman–Crippen LogP) is 3.93. The molecular weight excluding hydrogens is 431 g/mol. The summed E-state index contributed by atoms with van der Waals surface area (Å²) in [7, 11) is 0. The molecular formula is C24H30F3N5O. The van der Waals surface area contributed by atoms with Crippen molar-refractivity contribution in [3.63, 3.8) is 0 Å². The van der Waals surface area contributed by atoms with E-state index in [9.17, 15) is 18.0 Å². The Labute approximate surface area is 192 Å². The number of rotatable bonds is 3. The third-order valence-corrected chi connectivity index (χ3v) is 6.86. The Hall–Kier alpha value is -2.68. The molecule has 0 radical (unpaired) electrons. The molecule has 0 N–H and O–H groups in total. The van der Waals surface area contributed by atoms with Crippen LogP contribution in [0.5, 0.6) is 0 Å². The molecule has 178 valence electrons. The van der Waals surface area contributed by atoms with E-state index in [-0.39, 0.29) is 11.9 Å². The first-order chi connectivity index (χ1) is 15.6. The molecule has 2 saturated heterocycles. The number of halogens is 3. The summed E-state index contributed by atoms with van der Waals surface area (Å²) in [5.41, 5.74) is 1.71. The average molecular weight is 462 g/mol. The van der Waals surface area contributed by atoms with Gasteiger partial charge in [0, 0.05) is 57.2 Å². The molecule has 4 rings (SSSR count). The highest BCUT2D eigenvalue weighted by atomic mass is 19.4. The second kappa shape index (κ2) is 9.29. The molecule has 4 heterocycles. The molecule has 0 bridgehead atoms. The van der Waals surface area contributed by atoms with Crippen LogP contribution in [0.15, 0.2) is 30.6 Å². The van der Waals surface area contributed by atoms with Gasteiger partial charge in [0.25, 0.3) is 5.91 Å². The van der Waals surface area contributed by atoms with Crippen molar-refractivity contribution < 1.29 is 18.0 Å². The number of hydrogen-bond donors (Lipinski definition) is 0. The topological polar surface area (TPSA) is 52.6 Å². The summed E-state index contributed by atoms with van der Waals surface area (Å²) in [5, 5.41) is 0. The van der Waals surface area contributed by atoms with Crippen LogP contribution in [0.2, 0.25) is 0 Å². The Morgan fingerprint density at radius 2 is 1.76 bits per heavy atom. The number of hydrogen-bond acceptors (Lipinski definition) is 5. The van der Waals surface area contributed by atoms with Crippen molar-refractivity contribution in [2.45, 2.75) is 51.9 Å². The first-order valence-corrected chi connectivity index (χ1v) is 11.4. The number of aromatic nitrogens is 2. The van der Waals surface area contributed by atoms with Gasteiger partial charge in [0.2, 0.25) is 0 Å². The van der Waals surface area contributed by atoms with Crippen molar-refractivity contribution in [3.05, 3.63) is 53.0 Å². The van der Waals surface area contributed by atoms with Crippen LogP contribution in [0, 0.1) is 13.8 Å². The van der Waals surface area contributed by atoms with E-state index in [1.165, 1.54) is 6.07 Å². The highest BCUT2D eigenvalue weighted by Gasteiger charge is 2.34. The molecule has 0 aromatic carbocycles. The summed E-state index contributed by atoms with van der Waals surface area (Å²) in [6.07, 6.45) is 0.0851. The normalized spacial score (nSPS) is 20.8. The monoisotopic (exact) mass is 461 g/mol. The van der Waals surface area contributed by atoms with Crippen molar-refractivity contribution in [3.8, 4) is 0 Å². The first kappa shape index (κ1) is 23.5. The first-order valence-electron chi connectivity index (χ1n) is 11.4. The lowest BCUT2D eigenvalue weighted by atomic mass is 9.98. The maximum atomic E-state index is 13.1. The molecule has 2 aromatic heterocycles. The standard InChI is InChI=1S/C24H30F3N5O/c1-16-6-9-28-18(3)22(16)23(33)30-10-7-20(8-11-30)32-13-12-31(15-17(32)2)21-5-4-19(14-29-21)24(25,26)27/h4-6,9,14,17,20H,7-8,10-13,15H2,1-3H3/t17-/m1/s1. The van der Waals surface area contributed by atoms with E-state index in [0.717, 1.165) is 49.5 Å². The van der Waals surface area contributed by atoms with Gasteiger partial charge in [-0.2, -0.15) is 13.2 Å². The third kappa shape index (κ3) is 4.98. The Balaban J connectivity index is 1.33. The van der Waals surface area contributed by atoms with Crippen LogP contribution in [0.4, 0.5) is 19.0 Å². The van der Waals surface area contributed by atoms with Crippen LogP contribution < -0.4 is 4.90 Å². The van der Waals surface area contributed by atoms with Gasteiger partial charge in [-0.1, -0.05) is 0 Å². The fraction of sp³-hybridized carbons (Fsp3) is 0.542. The van der Waals surface area contributed by atoms with Crippen molar-refractivity contribution in [2.24, 2.45) is 0 Å². The minimum atomic E-state index is -4.37. The maximum Gasteiger partial charge on any atom is 0.417 e. The van der Waals surface area contributed by atoms with Gasteiger partial charge in [-0.15, -0.1) is 0 Å². The number of pyridine rings is 2. The Morgan fingerprint density at radius 3 is 2.33 bits per heavy atom. The number of aryl methyl sites for hydroxylation is 2. The summed E-state index contributed by atoms with van der Waals surface area (Å²) in [5.74, 6) is 0.639. The number of alkyl halides is 3. The van der Waals surface area contributed by atoms with Gasteiger partial charge in [0.05, 0.1) is 16.8 Å². The summed E-state index contributed by atoms with van der Waals surface area (Å²) < 4.78 is 38.4. The number of carbonyl (C=O) groups excluding carboxylic acids is 1. The number of piperidine rings is 1. The summed E-state index contributed by atoms with van der Waals surface area (Å²) in [4.78, 5) is 27.9. The van der Waals surface area contributed by atoms with Crippen LogP contribution in [-0.2, 0) is 6.18 Å². The largest absolute Gasteiger partial charge is 0.417 e. The van der Waals surface area contributed by atoms with E-state index >= 15 is 0 Å². The molecule has 2 fully saturated rings. The van der Waals surface area contributed by atoms with E-state index in [1.54, 1.807) is 6.20 Å². The number of likely N-dealkylation sites (tertiary alicyclic amines) is 1. The Kier molecular flexibility index (Phi) is 6.61. The van der Waals surface area contributed by atoms with E-state index in [1.807, 2.05) is 29.7 Å². The van der Waals surface area contributed by atoms with E-state index in [0.29, 0.717) is 37.1 Å². The van der Waals surface area contributed by atoms with Crippen molar-refractivity contribution >= 4 is 11.7 Å². The second-order valence-corrected chi connectivity index (χ2v) is 9.05. The number of anilines is 1. The molecule has 6 nitrogen and oxygen atoms in total. The number of piperazine rings is 1. The van der Waals surface area contributed by atoms with Crippen LogP contribution in [0.1, 0.15) is 46.9 Å². The van der Waals surface area contributed by atoms with Gasteiger partial charge in [-0.3, -0.25) is 14.7 Å². The molecule has 0 spiro atoms. The van der Waals surface area contributed by atoms with E-state index in [4.69, 9.17) is 0 Å². The zero-order valence-corrected chi connectivity index (χ0v) is 19.3. The summed E-state index contributed by atoms with van der Waals surface area (Å²) >= 11 is 0. The van der Waals surface area contributed by atoms with Crippen molar-refractivity contribution in [2.75, 3.05) is 37.6 Å². The van der Waals surface area contributed by atoms with Crippen molar-refractivity contribution in [1.82, 2.24) is 19.8 Å². The van der Waals surface area contributed by atoms with Gasteiger partial charge in [-0.25, -0.2) is 4.98 Å². The summed E-state index contributed by atoms with van der Waals surface area (Å²) in [6.45, 7) is 9.65. The zero-order chi connectivity index (χ0) is 23.8. The fourth-order valence-corrected chi connectivity index (χ4v) is 5.04. The van der Waals surface area contributed by atoms with Crippen LogP contribution in [-0.4, -0.2) is 70.5 Å². The molecule has 2 aliphatic rings. The highest BCUT2D eigenvalue weighted by molar-refractivity contribution is 5.96. The summed E-state index contributed by atoms with van der Waals surface area (Å²) in [6, 6.07) is 5.07. The zero-order valence-electron chi connectivity index (χ0n) is 19.3. The lowest BCUT2D eigenvalue weighted by molar-refractivity contribution is -0.137. The predicted molar refractivity (Wildman–Crippen MR) is 120 cm³/mol. The maximum absolute atomic E-state index is 13.1. The van der Waals surface area contributed by atoms with Crippen LogP contribution in [0.25, 0.3) is 0 Å². The quantitative estimate of drug-likeness (QED) is 0.694. The SMILES string of the molecule is Cc1ccnc(C)c1C(=O)N1CCC(N2CCN(c3ccc(C(F)(F)F)cn3)C[C@H]2C)CC1. The smallest absolute Gasteiger partial charge is 0.354 e. The van der Waals surface area contributed by atoms with Crippen LogP contribution in [0.3, 0.4) is 0 Å². The highest BCUT2D eigenvalue weighted by Crippen LogP contribution is 2.30. The minimum absolute atomic E-state index is 0.0581. The minimum Gasteiger partial charge on any atom is -0.354 e. The molecule has 2 aliphatic heterocycles. The molecule has 2 aromatic rings. The van der Waals surface area contributed by atoms with Gasteiger partial charge in [0.15, 0.2) is 0 Å². The third-order valence-electron chi connectivity index (χ3n) is 6.86. The second-order valence-electron chi connectivity index (χ2n) is 9.05. The van der Waals surface area contributed by atoms with Gasteiger partial charge in [-0.05, 0) is 57.4 Å². The van der Waals surface area contributed by atoms with Gasteiger partial charge < -0.3 is 9.80 Å². The molecule has 33 heavy (non-hydrogen) atoms. The van der Waals surface area contributed by atoms with E-state index in [2.05, 4.69) is 21.8 Å². The van der Waals surface area contributed by atoms with Gasteiger partial charge >= 0.3 is 6.18 Å². The van der Waals surface area contributed by atoms with Gasteiger partial charge in [0.1, 0.15) is 5.82 Å². The molecule has 9 heteroatoms. The fourth-order valence-electron chi connectivity index (χ4n) is 5.04. The van der Waals surface area contributed by atoms with E-state index < -0.39 is 11.7 Å². The lowest BCUT2D eigenvalue weighted by Crippen LogP contribution is -2.58. The Morgan fingerprint density at radius 1 is 1.03 bits per heavy atom. The number of amides is 1. The van der Waals surface area contributed by atoms with Crippen LogP contribution >= 0.6 is 0 Å². The molecule has 1 atom stereocenters. The molecule has 0 aliphatic carbocycles. The Bertz CT molecular complexity index is 966. The molecule has 1 amide bonds. The number of carbonyl (C=O) groups is 1. The average Bonchev–Trinajstić information content (AvgIpc) is 2.78. The number of nitrogens with zero attached hydrogens (tertiary/aromatic N) is 5. The molecule has 0 saturated carbocycles. The molecule has 0 unspecified atom stereocenters.